The number of hydrogen-bond donors (Lipinski definition) is 0. The third-order valence-electron chi connectivity index (χ3n) is 3.27. The molecule has 0 heterocycles. The zero-order valence-corrected chi connectivity index (χ0v) is 10.2. The maximum absolute atomic E-state index is 12.0. The van der Waals surface area contributed by atoms with Crippen molar-refractivity contribution in [1.82, 2.24) is 0 Å². The van der Waals surface area contributed by atoms with E-state index in [0.29, 0.717) is 12.3 Å². The van der Waals surface area contributed by atoms with Crippen molar-refractivity contribution in [2.45, 2.75) is 59.0 Å². The van der Waals surface area contributed by atoms with Gasteiger partial charge in [0.2, 0.25) is 0 Å². The van der Waals surface area contributed by atoms with E-state index in [2.05, 4.69) is 13.8 Å². The molecule has 0 aliphatic rings. The molecule has 1 unspecified atom stereocenters. The van der Waals surface area contributed by atoms with Gasteiger partial charge in [-0.05, 0) is 18.8 Å². The van der Waals surface area contributed by atoms with Crippen molar-refractivity contribution in [1.29, 1.82) is 0 Å². The van der Waals surface area contributed by atoms with E-state index in [1.54, 1.807) is 7.11 Å². The van der Waals surface area contributed by atoms with Gasteiger partial charge in [0.15, 0.2) is 5.78 Å². The molecule has 0 radical (unpaired) electrons. The molecule has 0 saturated carbocycles. The van der Waals surface area contributed by atoms with E-state index in [1.807, 2.05) is 13.8 Å². The first-order chi connectivity index (χ1) is 6.56. The SMILES string of the molecule is CCC(C)CC(=O)C(CC)(CC)OC. The lowest BCUT2D eigenvalue weighted by atomic mass is 9.86. The fraction of sp³-hybridized carbons (Fsp3) is 0.917. The van der Waals surface area contributed by atoms with Gasteiger partial charge in [-0.3, -0.25) is 4.79 Å². The van der Waals surface area contributed by atoms with Crippen LogP contribution in [0.2, 0.25) is 0 Å². The predicted molar refractivity (Wildman–Crippen MR) is 59.4 cm³/mol. The lowest BCUT2D eigenvalue weighted by molar-refractivity contribution is -0.142. The monoisotopic (exact) mass is 200 g/mol. The van der Waals surface area contributed by atoms with Crippen LogP contribution in [0.4, 0.5) is 0 Å². The Bertz CT molecular complexity index is 163. The molecule has 0 spiro atoms. The van der Waals surface area contributed by atoms with Crippen LogP contribution in [0.1, 0.15) is 53.4 Å². The Hall–Kier alpha value is -0.370. The van der Waals surface area contributed by atoms with Crippen molar-refractivity contribution < 1.29 is 9.53 Å². The van der Waals surface area contributed by atoms with Gasteiger partial charge in [0.25, 0.3) is 0 Å². The molecule has 84 valence electrons. The fourth-order valence-corrected chi connectivity index (χ4v) is 1.69. The number of rotatable bonds is 7. The van der Waals surface area contributed by atoms with Gasteiger partial charge in [-0.1, -0.05) is 34.1 Å². The zero-order valence-electron chi connectivity index (χ0n) is 10.2. The van der Waals surface area contributed by atoms with E-state index in [-0.39, 0.29) is 5.78 Å². The van der Waals surface area contributed by atoms with Crippen molar-refractivity contribution >= 4 is 5.78 Å². The number of ketones is 1. The highest BCUT2D eigenvalue weighted by molar-refractivity contribution is 5.87. The topological polar surface area (TPSA) is 26.3 Å². The molecule has 1 atom stereocenters. The highest BCUT2D eigenvalue weighted by Gasteiger charge is 2.34. The van der Waals surface area contributed by atoms with Gasteiger partial charge in [0.05, 0.1) is 0 Å². The molecule has 0 bridgehead atoms. The second kappa shape index (κ2) is 6.18. The number of carbonyl (C=O) groups is 1. The highest BCUT2D eigenvalue weighted by Crippen LogP contribution is 2.24. The molecule has 0 rings (SSSR count). The van der Waals surface area contributed by atoms with Crippen molar-refractivity contribution in [3.63, 3.8) is 0 Å². The molecule has 14 heavy (non-hydrogen) atoms. The van der Waals surface area contributed by atoms with Crippen LogP contribution in [-0.4, -0.2) is 18.5 Å². The van der Waals surface area contributed by atoms with Crippen molar-refractivity contribution in [2.75, 3.05) is 7.11 Å². The average Bonchev–Trinajstić information content (AvgIpc) is 2.21. The lowest BCUT2D eigenvalue weighted by Crippen LogP contribution is -2.40. The summed E-state index contributed by atoms with van der Waals surface area (Å²) in [5.41, 5.74) is -0.524. The van der Waals surface area contributed by atoms with E-state index in [1.165, 1.54) is 0 Å². The second-order valence-corrected chi connectivity index (χ2v) is 4.05. The number of ether oxygens (including phenoxy) is 1. The molecule has 0 aromatic carbocycles. The van der Waals surface area contributed by atoms with E-state index in [0.717, 1.165) is 19.3 Å². The van der Waals surface area contributed by atoms with Gasteiger partial charge in [0.1, 0.15) is 5.60 Å². The summed E-state index contributed by atoms with van der Waals surface area (Å²) in [5.74, 6) is 0.731. The molecule has 0 aromatic rings. The van der Waals surface area contributed by atoms with Gasteiger partial charge >= 0.3 is 0 Å². The summed E-state index contributed by atoms with van der Waals surface area (Å²) >= 11 is 0. The molecule has 0 amide bonds. The van der Waals surface area contributed by atoms with Crippen LogP contribution in [0.5, 0.6) is 0 Å². The van der Waals surface area contributed by atoms with Crippen LogP contribution in [0.15, 0.2) is 0 Å². The van der Waals surface area contributed by atoms with Gasteiger partial charge in [-0.2, -0.15) is 0 Å². The third-order valence-corrected chi connectivity index (χ3v) is 3.27. The Labute approximate surface area is 88.0 Å². The van der Waals surface area contributed by atoms with Gasteiger partial charge < -0.3 is 4.74 Å². The Kier molecular flexibility index (Phi) is 6.01. The second-order valence-electron chi connectivity index (χ2n) is 4.05. The lowest BCUT2D eigenvalue weighted by Gasteiger charge is -2.29. The van der Waals surface area contributed by atoms with E-state index in [4.69, 9.17) is 4.74 Å². The molecule has 0 saturated heterocycles. The third kappa shape index (κ3) is 3.09. The van der Waals surface area contributed by atoms with Crippen LogP contribution in [0.25, 0.3) is 0 Å². The van der Waals surface area contributed by atoms with Crippen LogP contribution < -0.4 is 0 Å². The molecular formula is C12H24O2. The standard InChI is InChI=1S/C12H24O2/c1-6-10(4)9-11(13)12(7-2,8-3)14-5/h10H,6-9H2,1-5H3. The Balaban J connectivity index is 4.44. The van der Waals surface area contributed by atoms with Gasteiger partial charge in [-0.25, -0.2) is 0 Å². The van der Waals surface area contributed by atoms with Crippen molar-refractivity contribution in [3.05, 3.63) is 0 Å². The number of Topliss-reactive ketones (excluding diaryl/α,β-unsaturated/α-hetero) is 1. The van der Waals surface area contributed by atoms with Crippen LogP contribution >= 0.6 is 0 Å². The number of methoxy groups -OCH3 is 1. The van der Waals surface area contributed by atoms with Crippen LogP contribution in [-0.2, 0) is 9.53 Å². The molecule has 0 fully saturated rings. The minimum Gasteiger partial charge on any atom is -0.370 e. The Morgan fingerprint density at radius 2 is 1.79 bits per heavy atom. The average molecular weight is 200 g/mol. The molecule has 0 aliphatic carbocycles. The summed E-state index contributed by atoms with van der Waals surface area (Å²) in [5, 5.41) is 0. The minimum absolute atomic E-state index is 0.263. The summed E-state index contributed by atoms with van der Waals surface area (Å²) in [7, 11) is 1.64. The quantitative estimate of drug-likeness (QED) is 0.631. The normalized spacial score (nSPS) is 14.1. The predicted octanol–water partition coefficient (Wildman–Crippen LogP) is 3.20. The van der Waals surface area contributed by atoms with Crippen molar-refractivity contribution in [3.8, 4) is 0 Å². The fourth-order valence-electron chi connectivity index (χ4n) is 1.69. The summed E-state index contributed by atoms with van der Waals surface area (Å²) < 4.78 is 5.39. The number of hydrogen-bond acceptors (Lipinski definition) is 2. The molecular weight excluding hydrogens is 176 g/mol. The van der Waals surface area contributed by atoms with Gasteiger partial charge in [-0.15, -0.1) is 0 Å². The molecule has 0 aliphatic heterocycles. The van der Waals surface area contributed by atoms with Crippen LogP contribution in [0, 0.1) is 5.92 Å². The van der Waals surface area contributed by atoms with Gasteiger partial charge in [0, 0.05) is 13.5 Å². The summed E-state index contributed by atoms with van der Waals surface area (Å²) in [4.78, 5) is 12.0. The van der Waals surface area contributed by atoms with E-state index >= 15 is 0 Å². The Morgan fingerprint density at radius 3 is 2.07 bits per heavy atom. The first kappa shape index (κ1) is 13.6. The molecule has 2 heteroatoms. The Morgan fingerprint density at radius 1 is 1.29 bits per heavy atom. The zero-order chi connectivity index (χ0) is 11.2. The summed E-state index contributed by atoms with van der Waals surface area (Å²) in [6, 6.07) is 0. The van der Waals surface area contributed by atoms with E-state index < -0.39 is 5.60 Å². The van der Waals surface area contributed by atoms with E-state index in [9.17, 15) is 4.79 Å². The summed E-state index contributed by atoms with van der Waals surface area (Å²) in [6.07, 6.45) is 3.25. The highest BCUT2D eigenvalue weighted by atomic mass is 16.5. The maximum Gasteiger partial charge on any atom is 0.164 e. The molecule has 0 N–H and O–H groups in total. The largest absolute Gasteiger partial charge is 0.370 e. The first-order valence-electron chi connectivity index (χ1n) is 5.64. The minimum atomic E-state index is -0.524. The van der Waals surface area contributed by atoms with Crippen molar-refractivity contribution in [2.24, 2.45) is 5.92 Å². The number of carbonyl (C=O) groups excluding carboxylic acids is 1. The van der Waals surface area contributed by atoms with Crippen LogP contribution in [0.3, 0.4) is 0 Å². The summed E-state index contributed by atoms with van der Waals surface area (Å²) in [6.45, 7) is 8.26. The first-order valence-corrected chi connectivity index (χ1v) is 5.64. The maximum atomic E-state index is 12.0. The smallest absolute Gasteiger partial charge is 0.164 e. The molecule has 2 nitrogen and oxygen atoms in total. The molecule has 0 aromatic heterocycles.